The Morgan fingerprint density at radius 3 is 2.54 bits per heavy atom. The van der Waals surface area contributed by atoms with Crippen LogP contribution in [0.4, 0.5) is 19.0 Å². The first-order valence-electron chi connectivity index (χ1n) is 11.8. The van der Waals surface area contributed by atoms with Crippen molar-refractivity contribution < 1.29 is 27.8 Å². The molecule has 0 radical (unpaired) electrons. The summed E-state index contributed by atoms with van der Waals surface area (Å²) in [4.78, 5) is 22.0. The first kappa shape index (κ1) is 25.1. The molecule has 7 nitrogen and oxygen atoms in total. The second-order valence-electron chi connectivity index (χ2n) is 10.3. The lowest BCUT2D eigenvalue weighted by Gasteiger charge is -2.35. The lowest BCUT2D eigenvalue weighted by molar-refractivity contribution is -0.181. The van der Waals surface area contributed by atoms with Crippen LogP contribution in [0.15, 0.2) is 46.8 Å². The number of rotatable bonds is 6. The number of nitrogens with zero attached hydrogens (tertiary/aromatic N) is 3. The molecule has 35 heavy (non-hydrogen) atoms. The molecule has 1 aliphatic carbocycles. The van der Waals surface area contributed by atoms with E-state index in [0.717, 1.165) is 38.7 Å². The van der Waals surface area contributed by atoms with Gasteiger partial charge in [0.1, 0.15) is 17.4 Å². The number of allylic oxidation sites excluding steroid dienone is 2. The molecule has 1 atom stereocenters. The van der Waals surface area contributed by atoms with Crippen molar-refractivity contribution in [3.05, 3.63) is 47.4 Å². The van der Waals surface area contributed by atoms with Crippen LogP contribution < -0.4 is 10.2 Å². The van der Waals surface area contributed by atoms with Crippen molar-refractivity contribution in [3.8, 4) is 0 Å². The quantitative estimate of drug-likeness (QED) is 0.616. The summed E-state index contributed by atoms with van der Waals surface area (Å²) in [7, 11) is 0. The lowest BCUT2D eigenvalue weighted by atomic mass is 9.82. The molecule has 190 valence electrons. The number of alkyl halides is 3. The van der Waals surface area contributed by atoms with E-state index in [2.05, 4.69) is 20.2 Å². The summed E-state index contributed by atoms with van der Waals surface area (Å²) < 4.78 is 45.8. The molecule has 1 saturated heterocycles. The Hall–Kier alpha value is -3.04. The minimum Gasteiger partial charge on any atom is -0.497 e. The highest BCUT2D eigenvalue weighted by Gasteiger charge is 2.54. The fourth-order valence-corrected chi connectivity index (χ4v) is 4.40. The number of hydrogen-bond acceptors (Lipinski definition) is 6. The van der Waals surface area contributed by atoms with Crippen LogP contribution in [0.25, 0.3) is 0 Å². The minimum absolute atomic E-state index is 0.209. The maximum atomic E-state index is 13.2. The predicted molar refractivity (Wildman–Crippen MR) is 126 cm³/mol. The topological polar surface area (TPSA) is 87.0 Å². The van der Waals surface area contributed by atoms with Gasteiger partial charge in [0.15, 0.2) is 5.54 Å². The summed E-state index contributed by atoms with van der Waals surface area (Å²) >= 11 is 0. The van der Waals surface area contributed by atoms with Gasteiger partial charge in [-0.2, -0.15) is 13.2 Å². The Labute approximate surface area is 202 Å². The second kappa shape index (κ2) is 9.20. The van der Waals surface area contributed by atoms with Crippen molar-refractivity contribution in [3.63, 3.8) is 0 Å². The van der Waals surface area contributed by atoms with Crippen LogP contribution in [0.1, 0.15) is 45.6 Å². The zero-order valence-electron chi connectivity index (χ0n) is 20.2. The van der Waals surface area contributed by atoms with Crippen LogP contribution in [0, 0.1) is 11.3 Å². The molecule has 0 spiro atoms. The number of nitrogens with one attached hydrogen (secondary N) is 1. The number of ether oxygens (including phenoxy) is 1. The molecule has 1 fully saturated rings. The highest BCUT2D eigenvalue weighted by atomic mass is 19.4. The molecular formula is C25H31F3N4O3. The van der Waals surface area contributed by atoms with Gasteiger partial charge in [-0.15, -0.1) is 0 Å². The molecule has 4 rings (SSSR count). The number of hydrogen-bond donors (Lipinski definition) is 2. The molecule has 10 heteroatoms. The molecular weight excluding hydrogens is 461 g/mol. The van der Waals surface area contributed by atoms with Gasteiger partial charge in [0, 0.05) is 30.3 Å². The molecule has 0 aromatic carbocycles. The normalized spacial score (nSPS) is 24.9. The minimum atomic E-state index is -4.39. The molecule has 3 heterocycles. The van der Waals surface area contributed by atoms with Gasteiger partial charge in [-0.1, -0.05) is 19.9 Å². The van der Waals surface area contributed by atoms with E-state index in [1.165, 1.54) is 0 Å². The third-order valence-electron chi connectivity index (χ3n) is 7.04. The molecule has 1 unspecified atom stereocenters. The predicted octanol–water partition coefficient (Wildman–Crippen LogP) is 4.31. The van der Waals surface area contributed by atoms with Crippen molar-refractivity contribution in [1.82, 2.24) is 10.3 Å². The zero-order chi connectivity index (χ0) is 25.4. The summed E-state index contributed by atoms with van der Waals surface area (Å²) in [6, 6.07) is 3.56. The third kappa shape index (κ3) is 5.31. The Morgan fingerprint density at radius 1 is 1.26 bits per heavy atom. The van der Waals surface area contributed by atoms with Gasteiger partial charge in [0.25, 0.3) is 0 Å². The molecule has 0 amide bonds. The molecule has 2 N–H and O–H groups in total. The fraction of sp³-hybridized carbons (Fsp3) is 0.560. The van der Waals surface area contributed by atoms with Crippen LogP contribution in [0.2, 0.25) is 0 Å². The standard InChI is InChI=1S/C25H31F3N4O3/c1-23(2)9-6-17(22(33)34)12-19(23)35-14-16-7-10-32(11-8-16)20-5-4-18(13-29-20)21-30-15-24(3,31-21)25(26,27)28/h4-6,12-13,16H,7-11,14-15H2,1-3H3,(H,30,31)(H,33,34). The number of aliphatic imine (C=N–C) groups is 1. The molecule has 1 aromatic heterocycles. The Bertz CT molecular complexity index is 1050. The highest BCUT2D eigenvalue weighted by Crippen LogP contribution is 2.37. The van der Waals surface area contributed by atoms with E-state index in [4.69, 9.17) is 4.74 Å². The molecule has 0 bridgehead atoms. The summed E-state index contributed by atoms with van der Waals surface area (Å²) in [6.07, 6.45) is 2.96. The van der Waals surface area contributed by atoms with Gasteiger partial charge in [0.2, 0.25) is 0 Å². The number of carbonyl (C=O) groups is 1. The first-order valence-corrected chi connectivity index (χ1v) is 11.8. The fourth-order valence-electron chi connectivity index (χ4n) is 4.40. The van der Waals surface area contributed by atoms with Crippen LogP contribution in [-0.4, -0.2) is 59.9 Å². The molecule has 1 aromatic rings. The number of piperidine rings is 1. The Balaban J connectivity index is 1.29. The molecule has 2 aliphatic heterocycles. The number of anilines is 1. The number of carboxylic acid groups (broad SMARTS) is 1. The average molecular weight is 493 g/mol. The molecule has 3 aliphatic rings. The third-order valence-corrected chi connectivity index (χ3v) is 7.04. The van der Waals surface area contributed by atoms with Crippen molar-refractivity contribution in [1.29, 1.82) is 0 Å². The highest BCUT2D eigenvalue weighted by molar-refractivity contribution is 6.00. The number of carboxylic acids is 1. The van der Waals surface area contributed by atoms with Gasteiger partial charge in [-0.05, 0) is 50.3 Å². The largest absolute Gasteiger partial charge is 0.497 e. The maximum Gasteiger partial charge on any atom is 0.413 e. The Kier molecular flexibility index (Phi) is 6.59. The van der Waals surface area contributed by atoms with Gasteiger partial charge in [0.05, 0.1) is 18.7 Å². The lowest BCUT2D eigenvalue weighted by Crippen LogP contribution is -2.54. The van der Waals surface area contributed by atoms with E-state index in [0.29, 0.717) is 30.3 Å². The number of halogens is 3. The van der Waals surface area contributed by atoms with E-state index in [-0.39, 0.29) is 23.4 Å². The van der Waals surface area contributed by atoms with Crippen molar-refractivity contribution in [2.45, 2.75) is 51.7 Å². The van der Waals surface area contributed by atoms with E-state index in [1.807, 2.05) is 19.9 Å². The maximum absolute atomic E-state index is 13.2. The van der Waals surface area contributed by atoms with Crippen molar-refractivity contribution in [2.24, 2.45) is 16.3 Å². The number of pyridine rings is 1. The van der Waals surface area contributed by atoms with Crippen molar-refractivity contribution >= 4 is 17.6 Å². The van der Waals surface area contributed by atoms with Crippen molar-refractivity contribution in [2.75, 3.05) is 31.1 Å². The van der Waals surface area contributed by atoms with E-state index in [9.17, 15) is 23.1 Å². The number of aromatic nitrogens is 1. The summed E-state index contributed by atoms with van der Waals surface area (Å²) in [6.45, 7) is 6.94. The second-order valence-corrected chi connectivity index (χ2v) is 10.3. The van der Waals surface area contributed by atoms with E-state index >= 15 is 0 Å². The van der Waals surface area contributed by atoms with Gasteiger partial charge < -0.3 is 20.1 Å². The first-order chi connectivity index (χ1) is 16.4. The SMILES string of the molecule is CC1(C)CC=C(C(=O)O)C=C1OCC1CCN(c2ccc(C3=NCC(C)(C(F)(F)F)N3)cn2)CC1. The van der Waals surface area contributed by atoms with Crippen LogP contribution >= 0.6 is 0 Å². The van der Waals surface area contributed by atoms with E-state index in [1.54, 1.807) is 24.4 Å². The number of amidine groups is 1. The Morgan fingerprint density at radius 2 is 1.97 bits per heavy atom. The van der Waals surface area contributed by atoms with E-state index < -0.39 is 17.7 Å². The zero-order valence-corrected chi connectivity index (χ0v) is 20.2. The summed E-state index contributed by atoms with van der Waals surface area (Å²) in [5.74, 6) is 1.09. The molecule has 0 saturated carbocycles. The van der Waals surface area contributed by atoms with Gasteiger partial charge >= 0.3 is 12.1 Å². The monoisotopic (exact) mass is 492 g/mol. The van der Waals surface area contributed by atoms with Crippen LogP contribution in [0.5, 0.6) is 0 Å². The van der Waals surface area contributed by atoms with Crippen LogP contribution in [-0.2, 0) is 9.53 Å². The van der Waals surface area contributed by atoms with Crippen LogP contribution in [0.3, 0.4) is 0 Å². The van der Waals surface area contributed by atoms with Gasteiger partial charge in [-0.25, -0.2) is 9.78 Å². The summed E-state index contributed by atoms with van der Waals surface area (Å²) in [5.41, 5.74) is -1.49. The smallest absolute Gasteiger partial charge is 0.413 e. The number of aliphatic carboxylic acids is 1. The summed E-state index contributed by atoms with van der Waals surface area (Å²) in [5, 5.41) is 11.8. The average Bonchev–Trinajstić information content (AvgIpc) is 3.22. The van der Waals surface area contributed by atoms with Gasteiger partial charge in [-0.3, -0.25) is 4.99 Å².